The Morgan fingerprint density at radius 3 is 2.57 bits per heavy atom. The molecule has 0 saturated carbocycles. The molecule has 1 unspecified atom stereocenters. The molecule has 1 rings (SSSR count). The quantitative estimate of drug-likeness (QED) is 0.718. The molecule has 0 bridgehead atoms. The zero-order chi connectivity index (χ0) is 16.0. The van der Waals surface area contributed by atoms with E-state index in [-0.39, 0.29) is 6.04 Å². The minimum Gasteiger partial charge on any atom is -0.385 e. The summed E-state index contributed by atoms with van der Waals surface area (Å²) >= 11 is 0. The van der Waals surface area contributed by atoms with E-state index in [4.69, 9.17) is 4.74 Å². The summed E-state index contributed by atoms with van der Waals surface area (Å²) in [6.45, 7) is 7.12. The Hall–Kier alpha value is -0.890. The molecule has 2 N–H and O–H groups in total. The monoisotopic (exact) mass is 317 g/mol. The van der Waals surface area contributed by atoms with E-state index >= 15 is 0 Å². The van der Waals surface area contributed by atoms with Gasteiger partial charge >= 0.3 is 0 Å². The SMILES string of the molecule is COCCC(C)NS(=O)(=O)c1cc(CNC(C)C)n(C)c1. The molecule has 1 aromatic heterocycles. The topological polar surface area (TPSA) is 72.4 Å². The second kappa shape index (κ2) is 7.93. The Kier molecular flexibility index (Phi) is 6.86. The Labute approximate surface area is 127 Å². The summed E-state index contributed by atoms with van der Waals surface area (Å²) < 4.78 is 34.1. The van der Waals surface area contributed by atoms with E-state index in [1.165, 1.54) is 0 Å². The molecule has 0 aromatic carbocycles. The van der Waals surface area contributed by atoms with Gasteiger partial charge in [0.15, 0.2) is 0 Å². The van der Waals surface area contributed by atoms with Crippen molar-refractivity contribution in [2.45, 2.75) is 50.7 Å². The average molecular weight is 317 g/mol. The molecule has 0 aliphatic carbocycles. The molecule has 0 aliphatic rings. The molecule has 0 saturated heterocycles. The van der Waals surface area contributed by atoms with Gasteiger partial charge in [-0.25, -0.2) is 13.1 Å². The molecule has 6 nitrogen and oxygen atoms in total. The highest BCUT2D eigenvalue weighted by atomic mass is 32.2. The van der Waals surface area contributed by atoms with Gasteiger partial charge in [0.05, 0.1) is 4.90 Å². The van der Waals surface area contributed by atoms with Crippen molar-refractivity contribution in [3.05, 3.63) is 18.0 Å². The zero-order valence-corrected chi connectivity index (χ0v) is 14.3. The van der Waals surface area contributed by atoms with Gasteiger partial charge < -0.3 is 14.6 Å². The van der Waals surface area contributed by atoms with Crippen LogP contribution in [0.2, 0.25) is 0 Å². The fourth-order valence-corrected chi connectivity index (χ4v) is 3.27. The van der Waals surface area contributed by atoms with E-state index in [0.717, 1.165) is 5.69 Å². The van der Waals surface area contributed by atoms with Gasteiger partial charge in [-0.1, -0.05) is 13.8 Å². The van der Waals surface area contributed by atoms with Crippen molar-refractivity contribution in [3.63, 3.8) is 0 Å². The fraction of sp³-hybridized carbons (Fsp3) is 0.714. The number of nitrogens with one attached hydrogen (secondary N) is 2. The number of methoxy groups -OCH3 is 1. The third kappa shape index (κ3) is 5.78. The van der Waals surface area contributed by atoms with Gasteiger partial charge in [0.25, 0.3) is 0 Å². The number of sulfonamides is 1. The van der Waals surface area contributed by atoms with Crippen molar-refractivity contribution in [2.75, 3.05) is 13.7 Å². The molecule has 122 valence electrons. The normalized spacial score (nSPS) is 13.8. The van der Waals surface area contributed by atoms with E-state index in [1.54, 1.807) is 19.4 Å². The van der Waals surface area contributed by atoms with Gasteiger partial charge in [0, 0.05) is 51.3 Å². The predicted molar refractivity (Wildman–Crippen MR) is 83.7 cm³/mol. The lowest BCUT2D eigenvalue weighted by atomic mass is 10.3. The van der Waals surface area contributed by atoms with E-state index < -0.39 is 10.0 Å². The predicted octanol–water partition coefficient (Wildman–Crippen LogP) is 1.23. The first-order chi connectivity index (χ1) is 9.76. The largest absolute Gasteiger partial charge is 0.385 e. The van der Waals surface area contributed by atoms with Crippen LogP contribution in [0, 0.1) is 0 Å². The molecule has 1 atom stereocenters. The van der Waals surface area contributed by atoms with Crippen LogP contribution in [0.4, 0.5) is 0 Å². The smallest absolute Gasteiger partial charge is 0.242 e. The molecule has 21 heavy (non-hydrogen) atoms. The van der Waals surface area contributed by atoms with Crippen molar-refractivity contribution in [2.24, 2.45) is 7.05 Å². The standard InChI is InChI=1S/C14H27N3O3S/c1-11(2)15-9-13-8-14(10-17(13)4)21(18,19)16-12(3)6-7-20-5/h8,10-12,15-16H,6-7,9H2,1-5H3. The second-order valence-electron chi connectivity index (χ2n) is 5.62. The van der Waals surface area contributed by atoms with Crippen LogP contribution >= 0.6 is 0 Å². The third-order valence-electron chi connectivity index (χ3n) is 3.20. The van der Waals surface area contributed by atoms with Gasteiger partial charge in [0.2, 0.25) is 10.0 Å². The molecule has 0 spiro atoms. The second-order valence-corrected chi connectivity index (χ2v) is 7.33. The van der Waals surface area contributed by atoms with Crippen molar-refractivity contribution >= 4 is 10.0 Å². The van der Waals surface area contributed by atoms with Gasteiger partial charge in [-0.3, -0.25) is 0 Å². The van der Waals surface area contributed by atoms with Gasteiger partial charge in [0.1, 0.15) is 0 Å². The van der Waals surface area contributed by atoms with E-state index in [0.29, 0.717) is 30.5 Å². The molecule has 0 fully saturated rings. The van der Waals surface area contributed by atoms with Crippen molar-refractivity contribution < 1.29 is 13.2 Å². The van der Waals surface area contributed by atoms with Crippen LogP contribution in [0.25, 0.3) is 0 Å². The van der Waals surface area contributed by atoms with Crippen LogP contribution in [0.15, 0.2) is 17.2 Å². The summed E-state index contributed by atoms with van der Waals surface area (Å²) in [6.07, 6.45) is 2.28. The summed E-state index contributed by atoms with van der Waals surface area (Å²) in [5.41, 5.74) is 0.939. The molecule has 0 aliphatic heterocycles. The number of hydrogen-bond donors (Lipinski definition) is 2. The number of aromatic nitrogens is 1. The van der Waals surface area contributed by atoms with Crippen LogP contribution in [0.5, 0.6) is 0 Å². The van der Waals surface area contributed by atoms with Crippen LogP contribution in [0.3, 0.4) is 0 Å². The number of aryl methyl sites for hydroxylation is 1. The average Bonchev–Trinajstić information content (AvgIpc) is 2.75. The summed E-state index contributed by atoms with van der Waals surface area (Å²) in [5.74, 6) is 0. The Bertz CT molecular complexity index is 538. The van der Waals surface area contributed by atoms with Crippen molar-refractivity contribution in [3.8, 4) is 0 Å². The van der Waals surface area contributed by atoms with Crippen molar-refractivity contribution in [1.82, 2.24) is 14.6 Å². The first-order valence-electron chi connectivity index (χ1n) is 7.16. The highest BCUT2D eigenvalue weighted by molar-refractivity contribution is 7.89. The lowest BCUT2D eigenvalue weighted by molar-refractivity contribution is 0.188. The maximum absolute atomic E-state index is 12.3. The molecule has 0 amide bonds. The minimum absolute atomic E-state index is 0.160. The summed E-state index contributed by atoms with van der Waals surface area (Å²) in [4.78, 5) is 0.301. The Morgan fingerprint density at radius 2 is 2.00 bits per heavy atom. The number of nitrogens with zero attached hydrogens (tertiary/aromatic N) is 1. The van der Waals surface area contributed by atoms with Gasteiger partial charge in [-0.2, -0.15) is 0 Å². The van der Waals surface area contributed by atoms with E-state index in [9.17, 15) is 8.42 Å². The summed E-state index contributed by atoms with van der Waals surface area (Å²) in [7, 11) is -0.0288. The summed E-state index contributed by atoms with van der Waals surface area (Å²) in [5, 5.41) is 3.28. The molecule has 7 heteroatoms. The first kappa shape index (κ1) is 18.2. The molecular weight excluding hydrogens is 290 g/mol. The van der Waals surface area contributed by atoms with E-state index in [2.05, 4.69) is 23.9 Å². The Morgan fingerprint density at radius 1 is 1.33 bits per heavy atom. The summed E-state index contributed by atoms with van der Waals surface area (Å²) in [6, 6.07) is 1.90. The van der Waals surface area contributed by atoms with Crippen molar-refractivity contribution in [1.29, 1.82) is 0 Å². The first-order valence-corrected chi connectivity index (χ1v) is 8.64. The van der Waals surface area contributed by atoms with Crippen LogP contribution in [-0.4, -0.2) is 38.8 Å². The highest BCUT2D eigenvalue weighted by Crippen LogP contribution is 2.14. The van der Waals surface area contributed by atoms with E-state index in [1.807, 2.05) is 18.5 Å². The fourth-order valence-electron chi connectivity index (χ4n) is 1.89. The number of ether oxygens (including phenoxy) is 1. The van der Waals surface area contributed by atoms with Crippen LogP contribution in [0.1, 0.15) is 32.9 Å². The van der Waals surface area contributed by atoms with Gasteiger partial charge in [-0.05, 0) is 19.4 Å². The van der Waals surface area contributed by atoms with Crippen LogP contribution in [-0.2, 0) is 28.4 Å². The van der Waals surface area contributed by atoms with Crippen LogP contribution < -0.4 is 10.0 Å². The molecular formula is C14H27N3O3S. The maximum Gasteiger partial charge on any atom is 0.242 e. The minimum atomic E-state index is -3.48. The zero-order valence-electron chi connectivity index (χ0n) is 13.5. The molecule has 1 aromatic rings. The molecule has 0 radical (unpaired) electrons. The molecule has 1 heterocycles. The highest BCUT2D eigenvalue weighted by Gasteiger charge is 2.20. The maximum atomic E-state index is 12.3. The Balaban J connectivity index is 2.77. The van der Waals surface area contributed by atoms with Gasteiger partial charge in [-0.15, -0.1) is 0 Å². The number of hydrogen-bond acceptors (Lipinski definition) is 4. The number of rotatable bonds is 9. The third-order valence-corrected chi connectivity index (χ3v) is 4.75. The lowest BCUT2D eigenvalue weighted by Crippen LogP contribution is -2.33. The lowest BCUT2D eigenvalue weighted by Gasteiger charge is -2.12.